The first-order valence-corrected chi connectivity index (χ1v) is 5.06. The van der Waals surface area contributed by atoms with E-state index in [9.17, 15) is 4.79 Å². The molecule has 0 atom stereocenters. The number of aliphatic hydroxyl groups excluding tert-OH is 1. The first-order valence-electron chi connectivity index (χ1n) is 4.27. The van der Waals surface area contributed by atoms with Crippen molar-refractivity contribution >= 4 is 22.2 Å². The highest BCUT2D eigenvalue weighted by Gasteiger charge is 2.06. The van der Waals surface area contributed by atoms with Crippen LogP contribution in [0.3, 0.4) is 0 Å². The molecule has 0 amide bonds. The van der Waals surface area contributed by atoms with E-state index >= 15 is 0 Å². The molecule has 1 aromatic carbocycles. The topological polar surface area (TPSA) is 46.5 Å². The minimum atomic E-state index is 0.0842. The number of aliphatic hydroxyl groups is 1. The highest BCUT2D eigenvalue weighted by molar-refractivity contribution is 9.10. The van der Waals surface area contributed by atoms with Gasteiger partial charge in [-0.3, -0.25) is 4.79 Å². The summed E-state index contributed by atoms with van der Waals surface area (Å²) in [6.07, 6.45) is 1.30. The van der Waals surface area contributed by atoms with Crippen LogP contribution in [-0.4, -0.2) is 24.6 Å². The normalized spacial score (nSPS) is 9.86. The van der Waals surface area contributed by atoms with E-state index in [1.165, 1.54) is 0 Å². The number of rotatable bonds is 5. The molecule has 0 radical (unpaired) electrons. The average molecular weight is 259 g/mol. The molecule has 0 aliphatic carbocycles. The molecule has 1 aromatic rings. The van der Waals surface area contributed by atoms with E-state index in [0.29, 0.717) is 24.3 Å². The molecule has 3 nitrogen and oxygen atoms in total. The molecule has 1 N–H and O–H groups in total. The van der Waals surface area contributed by atoms with Crippen LogP contribution >= 0.6 is 15.9 Å². The Kier molecular flexibility index (Phi) is 4.62. The number of benzene rings is 1. The van der Waals surface area contributed by atoms with Gasteiger partial charge >= 0.3 is 0 Å². The van der Waals surface area contributed by atoms with Crippen molar-refractivity contribution < 1.29 is 14.6 Å². The van der Waals surface area contributed by atoms with Gasteiger partial charge in [-0.2, -0.15) is 0 Å². The van der Waals surface area contributed by atoms with Gasteiger partial charge in [0, 0.05) is 13.0 Å². The molecule has 0 saturated carbocycles. The van der Waals surface area contributed by atoms with Crippen molar-refractivity contribution in [2.45, 2.75) is 6.42 Å². The largest absolute Gasteiger partial charge is 0.492 e. The van der Waals surface area contributed by atoms with Crippen LogP contribution in [0.2, 0.25) is 0 Å². The maximum Gasteiger partial charge on any atom is 0.153 e. The zero-order valence-electron chi connectivity index (χ0n) is 7.57. The van der Waals surface area contributed by atoms with Crippen molar-refractivity contribution in [3.63, 3.8) is 0 Å². The molecule has 1 rings (SSSR count). The summed E-state index contributed by atoms with van der Waals surface area (Å²) in [5.74, 6) is 0.538. The van der Waals surface area contributed by atoms with Crippen LogP contribution in [0.15, 0.2) is 22.7 Å². The monoisotopic (exact) mass is 258 g/mol. The molecule has 0 spiro atoms. The predicted octanol–water partition coefficient (Wildman–Crippen LogP) is 2.02. The maximum absolute atomic E-state index is 10.7. The number of carbonyl (C=O) groups is 1. The van der Waals surface area contributed by atoms with Gasteiger partial charge in [0.05, 0.1) is 16.6 Å². The lowest BCUT2D eigenvalue weighted by atomic mass is 10.2. The number of hydrogen-bond acceptors (Lipinski definition) is 3. The minimum absolute atomic E-state index is 0.0842. The summed E-state index contributed by atoms with van der Waals surface area (Å²) in [7, 11) is 0. The number of ether oxygens (including phenoxy) is 1. The summed E-state index contributed by atoms with van der Waals surface area (Å²) >= 11 is 3.29. The Bertz CT molecular complexity index is 312. The molecule has 0 heterocycles. The van der Waals surface area contributed by atoms with E-state index < -0.39 is 0 Å². The third kappa shape index (κ3) is 2.82. The quantitative estimate of drug-likeness (QED) is 0.650. The molecule has 0 aliphatic heterocycles. The van der Waals surface area contributed by atoms with Crippen molar-refractivity contribution in [1.29, 1.82) is 0 Å². The molecule has 0 aliphatic rings. The van der Waals surface area contributed by atoms with Crippen LogP contribution in [0.5, 0.6) is 5.75 Å². The van der Waals surface area contributed by atoms with E-state index in [1.54, 1.807) is 18.2 Å². The van der Waals surface area contributed by atoms with E-state index in [0.717, 1.165) is 10.8 Å². The van der Waals surface area contributed by atoms with E-state index in [-0.39, 0.29) is 6.61 Å². The van der Waals surface area contributed by atoms with Gasteiger partial charge in [0.15, 0.2) is 6.29 Å². The zero-order chi connectivity index (χ0) is 10.4. The lowest BCUT2D eigenvalue weighted by Crippen LogP contribution is -2.02. The number of aldehydes is 1. The molecular formula is C10H11BrO3. The Morgan fingerprint density at radius 2 is 2.29 bits per heavy atom. The Labute approximate surface area is 90.8 Å². The first-order chi connectivity index (χ1) is 6.79. The lowest BCUT2D eigenvalue weighted by Gasteiger charge is -2.09. The summed E-state index contributed by atoms with van der Waals surface area (Å²) in [6.45, 7) is 0.487. The maximum atomic E-state index is 10.7. The molecule has 0 bridgehead atoms. The van der Waals surface area contributed by atoms with Gasteiger partial charge in [-0.25, -0.2) is 0 Å². The van der Waals surface area contributed by atoms with Crippen molar-refractivity contribution in [2.75, 3.05) is 13.2 Å². The molecule has 4 heteroatoms. The molecule has 0 fully saturated rings. The Hall–Kier alpha value is -0.870. The van der Waals surface area contributed by atoms with Gasteiger partial charge in [-0.15, -0.1) is 0 Å². The summed E-state index contributed by atoms with van der Waals surface area (Å²) in [5.41, 5.74) is 0.511. The van der Waals surface area contributed by atoms with Gasteiger partial charge in [0.1, 0.15) is 5.75 Å². The fourth-order valence-electron chi connectivity index (χ4n) is 1.01. The van der Waals surface area contributed by atoms with Crippen molar-refractivity contribution in [3.8, 4) is 5.75 Å². The van der Waals surface area contributed by atoms with Crippen LogP contribution in [0, 0.1) is 0 Å². The van der Waals surface area contributed by atoms with Gasteiger partial charge < -0.3 is 9.84 Å². The predicted molar refractivity (Wildman–Crippen MR) is 56.7 cm³/mol. The highest BCUT2D eigenvalue weighted by atomic mass is 79.9. The van der Waals surface area contributed by atoms with Gasteiger partial charge in [0.2, 0.25) is 0 Å². The Morgan fingerprint density at radius 3 is 2.93 bits per heavy atom. The summed E-state index contributed by atoms with van der Waals surface area (Å²) in [6, 6.07) is 5.26. The number of para-hydroxylation sites is 1. The van der Waals surface area contributed by atoms with Gasteiger partial charge in [0.25, 0.3) is 0 Å². The van der Waals surface area contributed by atoms with E-state index in [4.69, 9.17) is 9.84 Å². The van der Waals surface area contributed by atoms with Gasteiger partial charge in [-0.05, 0) is 28.1 Å². The summed E-state index contributed by atoms with van der Waals surface area (Å²) < 4.78 is 6.11. The lowest BCUT2D eigenvalue weighted by molar-refractivity contribution is 0.111. The standard InChI is InChI=1S/C10H11BrO3/c11-9-4-1-3-8(7-13)10(9)14-6-2-5-12/h1,3-4,7,12H,2,5-6H2. The number of carbonyl (C=O) groups excluding carboxylic acids is 1. The average Bonchev–Trinajstić information content (AvgIpc) is 2.20. The van der Waals surface area contributed by atoms with Crippen molar-refractivity contribution in [2.24, 2.45) is 0 Å². The van der Waals surface area contributed by atoms with Crippen molar-refractivity contribution in [3.05, 3.63) is 28.2 Å². The first kappa shape index (κ1) is 11.2. The smallest absolute Gasteiger partial charge is 0.153 e. The summed E-state index contributed by atoms with van der Waals surface area (Å²) in [4.78, 5) is 10.7. The molecule has 76 valence electrons. The van der Waals surface area contributed by atoms with Crippen LogP contribution in [0.1, 0.15) is 16.8 Å². The van der Waals surface area contributed by atoms with E-state index in [2.05, 4.69) is 15.9 Å². The van der Waals surface area contributed by atoms with E-state index in [1.807, 2.05) is 0 Å². The van der Waals surface area contributed by atoms with Crippen LogP contribution in [0.4, 0.5) is 0 Å². The zero-order valence-corrected chi connectivity index (χ0v) is 9.16. The highest BCUT2D eigenvalue weighted by Crippen LogP contribution is 2.27. The minimum Gasteiger partial charge on any atom is -0.492 e. The fraction of sp³-hybridized carbons (Fsp3) is 0.300. The molecule has 14 heavy (non-hydrogen) atoms. The van der Waals surface area contributed by atoms with Crippen molar-refractivity contribution in [1.82, 2.24) is 0 Å². The molecule has 0 aromatic heterocycles. The second-order valence-electron chi connectivity index (χ2n) is 2.70. The molecule has 0 unspecified atom stereocenters. The number of halogens is 1. The SMILES string of the molecule is O=Cc1cccc(Br)c1OCCCO. The fourth-order valence-corrected chi connectivity index (χ4v) is 1.51. The summed E-state index contributed by atoms with van der Waals surface area (Å²) in [5, 5.41) is 8.58. The van der Waals surface area contributed by atoms with Crippen LogP contribution in [0.25, 0.3) is 0 Å². The second-order valence-corrected chi connectivity index (χ2v) is 3.56. The Balaban J connectivity index is 2.77. The Morgan fingerprint density at radius 1 is 1.50 bits per heavy atom. The third-order valence-corrected chi connectivity index (χ3v) is 2.30. The van der Waals surface area contributed by atoms with Crippen LogP contribution < -0.4 is 4.74 Å². The van der Waals surface area contributed by atoms with Gasteiger partial charge in [-0.1, -0.05) is 6.07 Å². The second kappa shape index (κ2) is 5.78. The molecule has 0 saturated heterocycles. The molecular weight excluding hydrogens is 248 g/mol. The number of hydrogen-bond donors (Lipinski definition) is 1. The van der Waals surface area contributed by atoms with Crippen LogP contribution in [-0.2, 0) is 0 Å². The third-order valence-electron chi connectivity index (χ3n) is 1.67.